The summed E-state index contributed by atoms with van der Waals surface area (Å²) in [6, 6.07) is 0.673. The molecular formula is C13H24N4. The fourth-order valence-electron chi connectivity index (χ4n) is 2.46. The zero-order valence-electron chi connectivity index (χ0n) is 11.0. The standard InChI is InChI=1S/C13H24N4/c1-12(17-7-3-4-8-17)9-14-6-5-13-10-15-16(2)11-13/h10-12,14H,3-9H2,1-2H3. The minimum Gasteiger partial charge on any atom is -0.315 e. The molecule has 0 amide bonds. The summed E-state index contributed by atoms with van der Waals surface area (Å²) in [5, 5.41) is 7.72. The molecule has 2 rings (SSSR count). The van der Waals surface area contributed by atoms with Crippen molar-refractivity contribution in [1.29, 1.82) is 0 Å². The Balaban J connectivity index is 1.59. The molecule has 0 saturated carbocycles. The van der Waals surface area contributed by atoms with Crippen LogP contribution in [-0.4, -0.2) is 46.9 Å². The van der Waals surface area contributed by atoms with Crippen LogP contribution in [0.4, 0.5) is 0 Å². The van der Waals surface area contributed by atoms with Crippen molar-refractivity contribution in [2.45, 2.75) is 32.2 Å². The summed E-state index contributed by atoms with van der Waals surface area (Å²) >= 11 is 0. The average molecular weight is 236 g/mol. The molecule has 0 aliphatic carbocycles. The van der Waals surface area contributed by atoms with Gasteiger partial charge in [0.2, 0.25) is 0 Å². The van der Waals surface area contributed by atoms with Crippen molar-refractivity contribution >= 4 is 0 Å². The smallest absolute Gasteiger partial charge is 0.0522 e. The summed E-state index contributed by atoms with van der Waals surface area (Å²) in [5.74, 6) is 0. The van der Waals surface area contributed by atoms with E-state index in [-0.39, 0.29) is 0 Å². The van der Waals surface area contributed by atoms with Crippen molar-refractivity contribution in [3.8, 4) is 0 Å². The van der Waals surface area contributed by atoms with Crippen LogP contribution in [0.15, 0.2) is 12.4 Å². The van der Waals surface area contributed by atoms with Gasteiger partial charge in [0.25, 0.3) is 0 Å². The van der Waals surface area contributed by atoms with Gasteiger partial charge in [0, 0.05) is 25.8 Å². The summed E-state index contributed by atoms with van der Waals surface area (Å²) in [6.07, 6.45) is 7.86. The van der Waals surface area contributed by atoms with E-state index in [0.29, 0.717) is 6.04 Å². The quantitative estimate of drug-likeness (QED) is 0.749. The average Bonchev–Trinajstić information content (AvgIpc) is 2.95. The molecule has 1 fully saturated rings. The molecule has 1 saturated heterocycles. The van der Waals surface area contributed by atoms with Gasteiger partial charge in [-0.1, -0.05) is 0 Å². The second kappa shape index (κ2) is 6.17. The highest BCUT2D eigenvalue weighted by Crippen LogP contribution is 2.10. The third-order valence-corrected chi connectivity index (χ3v) is 3.55. The highest BCUT2D eigenvalue weighted by atomic mass is 15.2. The van der Waals surface area contributed by atoms with Crippen LogP contribution < -0.4 is 5.32 Å². The lowest BCUT2D eigenvalue weighted by atomic mass is 10.2. The fraction of sp³-hybridized carbons (Fsp3) is 0.769. The molecule has 0 bridgehead atoms. The minimum absolute atomic E-state index is 0.673. The molecule has 1 aliphatic rings. The lowest BCUT2D eigenvalue weighted by Gasteiger charge is -2.23. The Morgan fingerprint density at radius 1 is 1.41 bits per heavy atom. The van der Waals surface area contributed by atoms with Crippen LogP contribution in [0.5, 0.6) is 0 Å². The Bertz CT molecular complexity index is 328. The summed E-state index contributed by atoms with van der Waals surface area (Å²) in [4.78, 5) is 2.58. The Morgan fingerprint density at radius 2 is 2.18 bits per heavy atom. The Morgan fingerprint density at radius 3 is 2.82 bits per heavy atom. The first kappa shape index (κ1) is 12.6. The molecule has 1 aromatic rings. The topological polar surface area (TPSA) is 33.1 Å². The predicted octanol–water partition coefficient (Wildman–Crippen LogP) is 1.04. The molecule has 1 aromatic heterocycles. The Labute approximate surface area is 104 Å². The van der Waals surface area contributed by atoms with Crippen molar-refractivity contribution in [2.24, 2.45) is 7.05 Å². The summed E-state index contributed by atoms with van der Waals surface area (Å²) in [6.45, 7) is 7.03. The van der Waals surface area contributed by atoms with E-state index in [0.717, 1.165) is 19.5 Å². The number of rotatable bonds is 6. The van der Waals surface area contributed by atoms with Crippen LogP contribution in [0.1, 0.15) is 25.3 Å². The number of likely N-dealkylation sites (tertiary alicyclic amines) is 1. The lowest BCUT2D eigenvalue weighted by molar-refractivity contribution is 0.252. The van der Waals surface area contributed by atoms with Crippen LogP contribution in [0.2, 0.25) is 0 Å². The molecule has 1 unspecified atom stereocenters. The number of hydrogen-bond donors (Lipinski definition) is 1. The van der Waals surface area contributed by atoms with Crippen molar-refractivity contribution < 1.29 is 0 Å². The maximum atomic E-state index is 4.17. The van der Waals surface area contributed by atoms with Crippen molar-refractivity contribution in [3.63, 3.8) is 0 Å². The maximum absolute atomic E-state index is 4.17. The monoisotopic (exact) mass is 236 g/mol. The third kappa shape index (κ3) is 3.82. The SMILES string of the molecule is CC(CNCCc1cnn(C)c1)N1CCCC1. The molecule has 4 heteroatoms. The first-order valence-electron chi connectivity index (χ1n) is 6.68. The first-order valence-corrected chi connectivity index (χ1v) is 6.68. The molecule has 0 radical (unpaired) electrons. The molecule has 1 atom stereocenters. The number of nitrogens with one attached hydrogen (secondary N) is 1. The predicted molar refractivity (Wildman–Crippen MR) is 70.1 cm³/mol. The molecule has 4 nitrogen and oxygen atoms in total. The first-order chi connectivity index (χ1) is 8.25. The molecule has 1 N–H and O–H groups in total. The van der Waals surface area contributed by atoms with Gasteiger partial charge in [0.05, 0.1) is 6.20 Å². The van der Waals surface area contributed by atoms with Crippen LogP contribution in [-0.2, 0) is 13.5 Å². The van der Waals surface area contributed by atoms with Gasteiger partial charge >= 0.3 is 0 Å². The van der Waals surface area contributed by atoms with Crippen molar-refractivity contribution in [2.75, 3.05) is 26.2 Å². The molecule has 0 spiro atoms. The van der Waals surface area contributed by atoms with Crippen LogP contribution in [0.3, 0.4) is 0 Å². The van der Waals surface area contributed by atoms with E-state index in [9.17, 15) is 0 Å². The van der Waals surface area contributed by atoms with E-state index in [1.165, 1.54) is 31.5 Å². The van der Waals surface area contributed by atoms with Crippen molar-refractivity contribution in [1.82, 2.24) is 20.0 Å². The van der Waals surface area contributed by atoms with Crippen LogP contribution in [0, 0.1) is 0 Å². The van der Waals surface area contributed by atoms with E-state index in [4.69, 9.17) is 0 Å². The molecule has 2 heterocycles. The summed E-state index contributed by atoms with van der Waals surface area (Å²) in [7, 11) is 1.96. The van der Waals surface area contributed by atoms with Gasteiger partial charge in [-0.25, -0.2) is 0 Å². The third-order valence-electron chi connectivity index (χ3n) is 3.55. The van der Waals surface area contributed by atoms with Gasteiger partial charge in [0.15, 0.2) is 0 Å². The van der Waals surface area contributed by atoms with Gasteiger partial charge in [-0.05, 0) is 51.4 Å². The van der Waals surface area contributed by atoms with E-state index in [1.54, 1.807) is 0 Å². The maximum Gasteiger partial charge on any atom is 0.0522 e. The normalized spacial score (nSPS) is 18.7. The molecular weight excluding hydrogens is 212 g/mol. The Kier molecular flexibility index (Phi) is 4.57. The van der Waals surface area contributed by atoms with E-state index < -0.39 is 0 Å². The van der Waals surface area contributed by atoms with Crippen molar-refractivity contribution in [3.05, 3.63) is 18.0 Å². The molecule has 1 aliphatic heterocycles. The van der Waals surface area contributed by atoms with E-state index in [2.05, 4.69) is 28.4 Å². The van der Waals surface area contributed by atoms with Crippen LogP contribution in [0.25, 0.3) is 0 Å². The second-order valence-corrected chi connectivity index (χ2v) is 5.07. The van der Waals surface area contributed by atoms with E-state index >= 15 is 0 Å². The zero-order chi connectivity index (χ0) is 12.1. The highest BCUT2D eigenvalue weighted by Gasteiger charge is 2.17. The second-order valence-electron chi connectivity index (χ2n) is 5.07. The summed E-state index contributed by atoms with van der Waals surface area (Å²) in [5.41, 5.74) is 1.31. The largest absolute Gasteiger partial charge is 0.315 e. The highest BCUT2D eigenvalue weighted by molar-refractivity contribution is 5.03. The number of nitrogens with zero attached hydrogens (tertiary/aromatic N) is 3. The van der Waals surface area contributed by atoms with Gasteiger partial charge in [0.1, 0.15) is 0 Å². The fourth-order valence-corrected chi connectivity index (χ4v) is 2.46. The number of aryl methyl sites for hydroxylation is 1. The zero-order valence-corrected chi connectivity index (χ0v) is 11.0. The molecule has 17 heavy (non-hydrogen) atoms. The van der Waals surface area contributed by atoms with Crippen LogP contribution >= 0.6 is 0 Å². The Hall–Kier alpha value is -0.870. The number of aromatic nitrogens is 2. The summed E-state index contributed by atoms with van der Waals surface area (Å²) < 4.78 is 1.86. The minimum atomic E-state index is 0.673. The van der Waals surface area contributed by atoms with Gasteiger partial charge in [-0.2, -0.15) is 5.10 Å². The van der Waals surface area contributed by atoms with E-state index in [1.807, 2.05) is 17.9 Å². The van der Waals surface area contributed by atoms with Gasteiger partial charge < -0.3 is 5.32 Å². The molecule has 0 aromatic carbocycles. The molecule has 96 valence electrons. The van der Waals surface area contributed by atoms with Gasteiger partial charge in [-0.3, -0.25) is 9.58 Å². The lowest BCUT2D eigenvalue weighted by Crippen LogP contribution is -2.39. The van der Waals surface area contributed by atoms with Gasteiger partial charge in [-0.15, -0.1) is 0 Å². The number of hydrogen-bond acceptors (Lipinski definition) is 3.